The zero-order chi connectivity index (χ0) is 15.9. The Morgan fingerprint density at radius 3 is 2.55 bits per heavy atom. The fourth-order valence-electron chi connectivity index (χ4n) is 4.44. The van der Waals surface area contributed by atoms with Crippen molar-refractivity contribution in [1.82, 2.24) is 9.80 Å². The van der Waals surface area contributed by atoms with Gasteiger partial charge in [-0.05, 0) is 38.7 Å². The third-order valence-electron chi connectivity index (χ3n) is 5.73. The van der Waals surface area contributed by atoms with Crippen molar-refractivity contribution in [2.75, 3.05) is 13.7 Å². The number of hydrogen-bond acceptors (Lipinski definition) is 3. The molecule has 2 bridgehead atoms. The lowest BCUT2D eigenvalue weighted by molar-refractivity contribution is 0.0702. The van der Waals surface area contributed by atoms with E-state index in [4.69, 9.17) is 4.74 Å². The summed E-state index contributed by atoms with van der Waals surface area (Å²) in [6, 6.07) is 12.0. The number of nitrogens with zero attached hydrogens (tertiary/aromatic N) is 2. The first-order valence-corrected chi connectivity index (χ1v) is 8.21. The Balaban J connectivity index is 1.83. The molecule has 2 heterocycles. The molecule has 2 aliphatic rings. The van der Waals surface area contributed by atoms with Crippen LogP contribution in [0.3, 0.4) is 0 Å². The standard InChI is InChI=1S/C18H26N2O2/c1-12(15-8-6-5-7-9-15)19-11-16-10-17(13(19)2)14(3)20(16)18(21)22-4/h5-9,12-14,16-17H,10-11H2,1-4H3/t12-,13?,14-,16+,17-/m0/s1. The minimum Gasteiger partial charge on any atom is -0.453 e. The molecule has 2 saturated heterocycles. The molecule has 0 aliphatic carbocycles. The van der Waals surface area contributed by atoms with E-state index in [-0.39, 0.29) is 18.2 Å². The number of likely N-dealkylation sites (tertiary alicyclic amines) is 2. The van der Waals surface area contributed by atoms with Crippen LogP contribution in [-0.4, -0.2) is 47.7 Å². The van der Waals surface area contributed by atoms with Crippen LogP contribution >= 0.6 is 0 Å². The first-order valence-electron chi connectivity index (χ1n) is 8.21. The second-order valence-corrected chi connectivity index (χ2v) is 6.70. The summed E-state index contributed by atoms with van der Waals surface area (Å²) in [6.45, 7) is 7.66. The predicted octanol–water partition coefficient (Wildman–Crippen LogP) is 3.30. The van der Waals surface area contributed by atoms with Gasteiger partial charge in [0.25, 0.3) is 0 Å². The molecule has 120 valence electrons. The molecule has 22 heavy (non-hydrogen) atoms. The van der Waals surface area contributed by atoms with E-state index in [0.717, 1.165) is 13.0 Å². The SMILES string of the molecule is COC(=O)N1[C@@H]2C[C@@H](C(C)N([C@@H](C)c3ccccc3)C2)[C@@H]1C. The summed E-state index contributed by atoms with van der Waals surface area (Å²) < 4.78 is 5.00. The quantitative estimate of drug-likeness (QED) is 0.840. The summed E-state index contributed by atoms with van der Waals surface area (Å²) in [7, 11) is 1.48. The lowest BCUT2D eigenvalue weighted by Crippen LogP contribution is -2.48. The van der Waals surface area contributed by atoms with Crippen LogP contribution in [0.15, 0.2) is 30.3 Å². The molecule has 4 heteroatoms. The summed E-state index contributed by atoms with van der Waals surface area (Å²) in [5.74, 6) is 0.518. The smallest absolute Gasteiger partial charge is 0.410 e. The van der Waals surface area contributed by atoms with Gasteiger partial charge in [-0.15, -0.1) is 0 Å². The molecule has 0 spiro atoms. The van der Waals surface area contributed by atoms with Crippen molar-refractivity contribution in [3.8, 4) is 0 Å². The van der Waals surface area contributed by atoms with Crippen molar-refractivity contribution in [2.45, 2.75) is 51.4 Å². The van der Waals surface area contributed by atoms with Gasteiger partial charge in [-0.3, -0.25) is 4.90 Å². The molecule has 2 fully saturated rings. The van der Waals surface area contributed by atoms with Gasteiger partial charge in [0.15, 0.2) is 0 Å². The molecule has 1 amide bonds. The number of piperidine rings is 1. The van der Waals surface area contributed by atoms with Crippen molar-refractivity contribution >= 4 is 6.09 Å². The van der Waals surface area contributed by atoms with E-state index >= 15 is 0 Å². The van der Waals surface area contributed by atoms with Gasteiger partial charge in [0.1, 0.15) is 0 Å². The molecule has 0 radical (unpaired) electrons. The van der Waals surface area contributed by atoms with E-state index in [1.807, 2.05) is 4.90 Å². The summed E-state index contributed by atoms with van der Waals surface area (Å²) in [6.07, 6.45) is 0.913. The molecule has 1 aromatic rings. The number of benzene rings is 1. The van der Waals surface area contributed by atoms with Gasteiger partial charge in [0.2, 0.25) is 0 Å². The molecule has 5 atom stereocenters. The van der Waals surface area contributed by atoms with Crippen molar-refractivity contribution in [2.24, 2.45) is 5.92 Å². The highest BCUT2D eigenvalue weighted by Crippen LogP contribution is 2.42. The highest BCUT2D eigenvalue weighted by atomic mass is 16.5. The summed E-state index contributed by atoms with van der Waals surface area (Å²) >= 11 is 0. The molecule has 0 N–H and O–H groups in total. The zero-order valence-electron chi connectivity index (χ0n) is 13.9. The number of carbonyl (C=O) groups excluding carboxylic acids is 1. The van der Waals surface area contributed by atoms with Gasteiger partial charge in [-0.1, -0.05) is 30.3 Å². The molecular weight excluding hydrogens is 276 g/mol. The number of rotatable bonds is 2. The van der Waals surface area contributed by atoms with Crippen LogP contribution in [0.25, 0.3) is 0 Å². The lowest BCUT2D eigenvalue weighted by Gasteiger charge is -2.42. The van der Waals surface area contributed by atoms with Crippen LogP contribution in [0.5, 0.6) is 0 Å². The van der Waals surface area contributed by atoms with Crippen LogP contribution in [0.1, 0.15) is 38.8 Å². The average Bonchev–Trinajstić information content (AvgIpc) is 2.83. The van der Waals surface area contributed by atoms with E-state index in [9.17, 15) is 4.79 Å². The van der Waals surface area contributed by atoms with Crippen molar-refractivity contribution < 1.29 is 9.53 Å². The first-order chi connectivity index (χ1) is 10.5. The van der Waals surface area contributed by atoms with Crippen LogP contribution < -0.4 is 0 Å². The minimum atomic E-state index is -0.179. The van der Waals surface area contributed by atoms with Gasteiger partial charge in [-0.25, -0.2) is 4.79 Å². The van der Waals surface area contributed by atoms with Gasteiger partial charge in [-0.2, -0.15) is 0 Å². The summed E-state index contributed by atoms with van der Waals surface area (Å²) in [5, 5.41) is 0. The maximum Gasteiger partial charge on any atom is 0.410 e. The van der Waals surface area contributed by atoms with Crippen LogP contribution in [0, 0.1) is 5.92 Å². The molecule has 0 aromatic heterocycles. The zero-order valence-corrected chi connectivity index (χ0v) is 13.9. The fraction of sp³-hybridized carbons (Fsp3) is 0.611. The Hall–Kier alpha value is -1.55. The monoisotopic (exact) mass is 302 g/mol. The van der Waals surface area contributed by atoms with Crippen molar-refractivity contribution in [3.63, 3.8) is 0 Å². The number of hydrogen-bond donors (Lipinski definition) is 0. The summed E-state index contributed by atoms with van der Waals surface area (Å²) in [5.41, 5.74) is 1.34. The van der Waals surface area contributed by atoms with Gasteiger partial charge >= 0.3 is 6.09 Å². The molecule has 4 nitrogen and oxygen atoms in total. The average molecular weight is 302 g/mol. The predicted molar refractivity (Wildman–Crippen MR) is 86.6 cm³/mol. The molecule has 1 unspecified atom stereocenters. The van der Waals surface area contributed by atoms with E-state index < -0.39 is 0 Å². The van der Waals surface area contributed by atoms with E-state index in [1.54, 1.807) is 0 Å². The third-order valence-corrected chi connectivity index (χ3v) is 5.73. The van der Waals surface area contributed by atoms with Crippen LogP contribution in [0.2, 0.25) is 0 Å². The Morgan fingerprint density at radius 1 is 1.23 bits per heavy atom. The van der Waals surface area contributed by atoms with Crippen molar-refractivity contribution in [1.29, 1.82) is 0 Å². The Bertz CT molecular complexity index is 533. The molecule has 3 rings (SSSR count). The van der Waals surface area contributed by atoms with E-state index in [1.165, 1.54) is 12.7 Å². The number of fused-ring (bicyclic) bond motifs is 2. The van der Waals surface area contributed by atoms with Crippen LogP contribution in [0.4, 0.5) is 4.79 Å². The van der Waals surface area contributed by atoms with Crippen molar-refractivity contribution in [3.05, 3.63) is 35.9 Å². The number of carbonyl (C=O) groups is 1. The second kappa shape index (κ2) is 5.92. The Kier molecular flexibility index (Phi) is 4.13. The summed E-state index contributed by atoms with van der Waals surface area (Å²) in [4.78, 5) is 16.6. The molecule has 1 aromatic carbocycles. The normalized spacial score (nSPS) is 32.8. The number of ether oxygens (including phenoxy) is 1. The molecule has 0 saturated carbocycles. The van der Waals surface area contributed by atoms with Crippen LogP contribution in [-0.2, 0) is 4.74 Å². The van der Waals surface area contributed by atoms with Gasteiger partial charge in [0.05, 0.1) is 7.11 Å². The highest BCUT2D eigenvalue weighted by molar-refractivity contribution is 5.69. The maximum atomic E-state index is 12.1. The Morgan fingerprint density at radius 2 is 1.91 bits per heavy atom. The third kappa shape index (κ3) is 2.39. The topological polar surface area (TPSA) is 32.8 Å². The molecular formula is C18H26N2O2. The van der Waals surface area contributed by atoms with Gasteiger partial charge in [0, 0.05) is 30.7 Å². The largest absolute Gasteiger partial charge is 0.453 e. The molecule has 2 aliphatic heterocycles. The maximum absolute atomic E-state index is 12.1. The second-order valence-electron chi connectivity index (χ2n) is 6.70. The first kappa shape index (κ1) is 15.3. The van der Waals surface area contributed by atoms with Gasteiger partial charge < -0.3 is 9.64 Å². The fourth-order valence-corrected chi connectivity index (χ4v) is 4.44. The Labute approximate surface area is 133 Å². The number of methoxy groups -OCH3 is 1. The lowest BCUT2D eigenvalue weighted by atomic mass is 9.86. The minimum absolute atomic E-state index is 0.179. The van der Waals surface area contributed by atoms with E-state index in [0.29, 0.717) is 18.0 Å². The van der Waals surface area contributed by atoms with E-state index in [2.05, 4.69) is 56.0 Å². The highest BCUT2D eigenvalue weighted by Gasteiger charge is 2.50. The number of amides is 1.